The Morgan fingerprint density at radius 1 is 1.33 bits per heavy atom. The molecule has 0 radical (unpaired) electrons. The quantitative estimate of drug-likeness (QED) is 0.836. The highest BCUT2D eigenvalue weighted by Crippen LogP contribution is 2.25. The Hall–Kier alpha value is -0.870. The third-order valence-electron chi connectivity index (χ3n) is 3.64. The molecule has 0 bridgehead atoms. The van der Waals surface area contributed by atoms with Crippen LogP contribution >= 0.6 is 0 Å². The van der Waals surface area contributed by atoms with Gasteiger partial charge in [0.1, 0.15) is 0 Å². The van der Waals surface area contributed by atoms with Gasteiger partial charge >= 0.3 is 0 Å². The third-order valence-corrected chi connectivity index (χ3v) is 5.54. The van der Waals surface area contributed by atoms with Gasteiger partial charge in [-0.2, -0.15) is 0 Å². The lowest BCUT2D eigenvalue weighted by Gasteiger charge is -2.18. The third kappa shape index (κ3) is 2.93. The Bertz CT molecular complexity index is 523. The fourth-order valence-corrected chi connectivity index (χ4v) is 3.91. The van der Waals surface area contributed by atoms with Crippen LogP contribution in [-0.4, -0.2) is 39.2 Å². The zero-order valence-corrected chi connectivity index (χ0v) is 12.0. The van der Waals surface area contributed by atoms with E-state index in [1.165, 1.54) is 5.56 Å². The molecule has 0 unspecified atom stereocenters. The standard InChI is InChI=1S/C14H21NO2S/c1-3-15(2)9-8-12-6-7-14-13(11-12)5-4-10-18(14,16)17/h6-7,11H,3-5,8-10H2,1-2H3. The fourth-order valence-electron chi connectivity index (χ4n) is 2.33. The smallest absolute Gasteiger partial charge is 0.178 e. The van der Waals surface area contributed by atoms with E-state index in [-0.39, 0.29) is 0 Å². The normalized spacial score (nSPS) is 17.7. The number of sulfone groups is 1. The number of fused-ring (bicyclic) bond motifs is 1. The minimum absolute atomic E-state index is 0.303. The molecule has 0 atom stereocenters. The molecule has 0 aliphatic carbocycles. The molecule has 0 saturated heterocycles. The highest BCUT2D eigenvalue weighted by Gasteiger charge is 2.23. The predicted molar refractivity (Wildman–Crippen MR) is 73.7 cm³/mol. The molecule has 3 nitrogen and oxygen atoms in total. The van der Waals surface area contributed by atoms with E-state index < -0.39 is 9.84 Å². The highest BCUT2D eigenvalue weighted by atomic mass is 32.2. The number of aryl methyl sites for hydroxylation is 1. The summed E-state index contributed by atoms with van der Waals surface area (Å²) in [7, 11) is -0.905. The highest BCUT2D eigenvalue weighted by molar-refractivity contribution is 7.91. The summed E-state index contributed by atoms with van der Waals surface area (Å²) in [4.78, 5) is 2.82. The van der Waals surface area contributed by atoms with Crippen LogP contribution in [0.15, 0.2) is 23.1 Å². The van der Waals surface area contributed by atoms with Gasteiger partial charge in [0.25, 0.3) is 0 Å². The Labute approximate surface area is 110 Å². The van der Waals surface area contributed by atoms with Crippen LogP contribution in [0.2, 0.25) is 0 Å². The molecule has 0 spiro atoms. The van der Waals surface area contributed by atoms with Crippen molar-refractivity contribution in [3.8, 4) is 0 Å². The van der Waals surface area contributed by atoms with Gasteiger partial charge in [-0.25, -0.2) is 8.42 Å². The maximum Gasteiger partial charge on any atom is 0.178 e. The van der Waals surface area contributed by atoms with Crippen molar-refractivity contribution in [3.63, 3.8) is 0 Å². The van der Waals surface area contributed by atoms with E-state index in [2.05, 4.69) is 24.9 Å². The van der Waals surface area contributed by atoms with Gasteiger partial charge in [-0.15, -0.1) is 0 Å². The molecule has 2 rings (SSSR count). The first-order valence-electron chi connectivity index (χ1n) is 6.56. The van der Waals surface area contributed by atoms with Crippen molar-refractivity contribution in [3.05, 3.63) is 29.3 Å². The molecule has 0 amide bonds. The number of likely N-dealkylation sites (N-methyl/N-ethyl adjacent to an activating group) is 1. The van der Waals surface area contributed by atoms with Crippen molar-refractivity contribution < 1.29 is 8.42 Å². The molecule has 4 heteroatoms. The Kier molecular flexibility index (Phi) is 4.07. The molecule has 100 valence electrons. The van der Waals surface area contributed by atoms with Gasteiger partial charge in [0, 0.05) is 6.54 Å². The van der Waals surface area contributed by atoms with Crippen molar-refractivity contribution in [2.75, 3.05) is 25.9 Å². The van der Waals surface area contributed by atoms with Gasteiger partial charge in [0.15, 0.2) is 9.84 Å². The molecule has 0 fully saturated rings. The number of rotatable bonds is 4. The molecule has 1 aromatic carbocycles. The predicted octanol–water partition coefficient (Wildman–Crippen LogP) is 1.90. The number of benzene rings is 1. The molecule has 0 aromatic heterocycles. The largest absolute Gasteiger partial charge is 0.306 e. The zero-order valence-electron chi connectivity index (χ0n) is 11.1. The second kappa shape index (κ2) is 5.41. The van der Waals surface area contributed by atoms with E-state index in [4.69, 9.17) is 0 Å². The summed E-state index contributed by atoms with van der Waals surface area (Å²) in [6.07, 6.45) is 2.64. The average molecular weight is 267 g/mol. The van der Waals surface area contributed by atoms with Gasteiger partial charge in [-0.1, -0.05) is 19.1 Å². The average Bonchev–Trinajstić information content (AvgIpc) is 2.35. The molecular weight excluding hydrogens is 246 g/mol. The second-order valence-electron chi connectivity index (χ2n) is 5.01. The fraction of sp³-hybridized carbons (Fsp3) is 0.571. The van der Waals surface area contributed by atoms with Gasteiger partial charge in [-0.3, -0.25) is 0 Å². The van der Waals surface area contributed by atoms with E-state index in [9.17, 15) is 8.42 Å². The maximum absolute atomic E-state index is 11.9. The molecule has 0 N–H and O–H groups in total. The zero-order chi connectivity index (χ0) is 13.2. The van der Waals surface area contributed by atoms with Gasteiger partial charge < -0.3 is 4.90 Å². The molecule has 1 aromatic rings. The first-order valence-corrected chi connectivity index (χ1v) is 8.21. The summed E-state index contributed by atoms with van der Waals surface area (Å²) in [5.41, 5.74) is 2.25. The van der Waals surface area contributed by atoms with Crippen LogP contribution < -0.4 is 0 Å². The number of nitrogens with zero attached hydrogens (tertiary/aromatic N) is 1. The van der Waals surface area contributed by atoms with Gasteiger partial charge in [-0.05, 0) is 50.0 Å². The summed E-state index contributed by atoms with van der Waals surface area (Å²) >= 11 is 0. The lowest BCUT2D eigenvalue weighted by molar-refractivity contribution is 0.357. The van der Waals surface area contributed by atoms with E-state index in [0.717, 1.165) is 37.9 Å². The molecule has 1 aliphatic rings. The van der Waals surface area contributed by atoms with Crippen molar-refractivity contribution in [2.45, 2.75) is 31.1 Å². The van der Waals surface area contributed by atoms with Crippen LogP contribution in [0.1, 0.15) is 24.5 Å². The number of hydrogen-bond acceptors (Lipinski definition) is 3. The molecule has 18 heavy (non-hydrogen) atoms. The first-order chi connectivity index (χ1) is 8.53. The molecule has 0 saturated carbocycles. The van der Waals surface area contributed by atoms with E-state index >= 15 is 0 Å². The summed E-state index contributed by atoms with van der Waals surface area (Å²) in [5.74, 6) is 0.303. The van der Waals surface area contributed by atoms with E-state index in [1.807, 2.05) is 6.07 Å². The second-order valence-corrected chi connectivity index (χ2v) is 7.09. The lowest BCUT2D eigenvalue weighted by atomic mass is 10.0. The minimum Gasteiger partial charge on any atom is -0.306 e. The Morgan fingerprint density at radius 2 is 2.11 bits per heavy atom. The Balaban J connectivity index is 2.18. The SMILES string of the molecule is CCN(C)CCc1ccc2c(c1)CCCS2(=O)=O. The monoisotopic (exact) mass is 267 g/mol. The van der Waals surface area contributed by atoms with E-state index in [0.29, 0.717) is 10.6 Å². The van der Waals surface area contributed by atoms with Crippen LogP contribution in [0, 0.1) is 0 Å². The Morgan fingerprint density at radius 3 is 2.83 bits per heavy atom. The molecule has 1 aliphatic heterocycles. The van der Waals surface area contributed by atoms with Crippen LogP contribution in [-0.2, 0) is 22.7 Å². The van der Waals surface area contributed by atoms with Gasteiger partial charge in [0.05, 0.1) is 10.6 Å². The summed E-state index contributed by atoms with van der Waals surface area (Å²) in [5, 5.41) is 0. The maximum atomic E-state index is 11.9. The molecule has 1 heterocycles. The van der Waals surface area contributed by atoms with Crippen molar-refractivity contribution in [2.24, 2.45) is 0 Å². The summed E-state index contributed by atoms with van der Waals surface area (Å²) in [6, 6.07) is 5.84. The van der Waals surface area contributed by atoms with Crippen molar-refractivity contribution >= 4 is 9.84 Å². The topological polar surface area (TPSA) is 37.4 Å². The van der Waals surface area contributed by atoms with Crippen LogP contribution in [0.5, 0.6) is 0 Å². The summed E-state index contributed by atoms with van der Waals surface area (Å²) < 4.78 is 23.8. The first kappa shape index (κ1) is 13.6. The van der Waals surface area contributed by atoms with Crippen LogP contribution in [0.3, 0.4) is 0 Å². The lowest BCUT2D eigenvalue weighted by Crippen LogP contribution is -2.21. The summed E-state index contributed by atoms with van der Waals surface area (Å²) in [6.45, 7) is 4.20. The van der Waals surface area contributed by atoms with Crippen LogP contribution in [0.25, 0.3) is 0 Å². The van der Waals surface area contributed by atoms with Gasteiger partial charge in [0.2, 0.25) is 0 Å². The van der Waals surface area contributed by atoms with Crippen molar-refractivity contribution in [1.82, 2.24) is 4.90 Å². The minimum atomic E-state index is -3.01. The van der Waals surface area contributed by atoms with Crippen molar-refractivity contribution in [1.29, 1.82) is 0 Å². The van der Waals surface area contributed by atoms with E-state index in [1.54, 1.807) is 6.07 Å². The van der Waals surface area contributed by atoms with Crippen LogP contribution in [0.4, 0.5) is 0 Å². The molecular formula is C14H21NO2S. The number of hydrogen-bond donors (Lipinski definition) is 0.